The summed E-state index contributed by atoms with van der Waals surface area (Å²) < 4.78 is 35.1. The van der Waals surface area contributed by atoms with Crippen LogP contribution >= 0.6 is 0 Å². The third-order valence-corrected chi connectivity index (χ3v) is 16.9. The van der Waals surface area contributed by atoms with Crippen molar-refractivity contribution in [3.63, 3.8) is 0 Å². The van der Waals surface area contributed by atoms with E-state index in [4.69, 9.17) is 28.4 Å². The van der Waals surface area contributed by atoms with Gasteiger partial charge in [-0.15, -0.1) is 0 Å². The zero-order valence-corrected chi connectivity index (χ0v) is 46.9. The van der Waals surface area contributed by atoms with Crippen molar-refractivity contribution in [2.45, 2.75) is 52.4 Å². The van der Waals surface area contributed by atoms with Crippen LogP contribution in [0.2, 0.25) is 0 Å². The SMILES string of the molecule is CCC1(CCc2ccc(C(=O)Oc3ccc(-c4ccc(C(=O)Oc5ccc6ccccc6c5-c5c(OC(=O)c6ccc(-c7ccc(OC(=O)c8ccc(CCC9(CC)COC9)cc8)cc7)cc6)ccc6ccccc56)cc4)cc3)cc2)COC1. The van der Waals surface area contributed by atoms with Crippen LogP contribution in [0, 0.1) is 10.8 Å². The van der Waals surface area contributed by atoms with Crippen molar-refractivity contribution in [3.05, 3.63) is 252 Å². The Morgan fingerprint density at radius 3 is 0.988 bits per heavy atom. The minimum absolute atomic E-state index is 0.272. The molecule has 0 spiro atoms. The topological polar surface area (TPSA) is 124 Å². The largest absolute Gasteiger partial charge is 0.423 e. The van der Waals surface area contributed by atoms with Gasteiger partial charge in [-0.3, -0.25) is 0 Å². The van der Waals surface area contributed by atoms with Gasteiger partial charge in [-0.1, -0.05) is 147 Å². The molecule has 2 heterocycles. The molecule has 0 bridgehead atoms. The second kappa shape index (κ2) is 24.2. The van der Waals surface area contributed by atoms with Gasteiger partial charge in [0, 0.05) is 22.0 Å². The molecule has 0 aliphatic carbocycles. The monoisotopic (exact) mass is 1110 g/mol. The van der Waals surface area contributed by atoms with Crippen molar-refractivity contribution < 1.29 is 47.6 Å². The van der Waals surface area contributed by atoms with Gasteiger partial charge < -0.3 is 28.4 Å². The normalized spacial score (nSPS) is 14.0. The third kappa shape index (κ3) is 11.9. The maximum atomic E-state index is 14.2. The summed E-state index contributed by atoms with van der Waals surface area (Å²) in [5.41, 5.74) is 9.15. The van der Waals surface area contributed by atoms with Gasteiger partial charge in [-0.25, -0.2) is 19.2 Å². The minimum atomic E-state index is -0.572. The van der Waals surface area contributed by atoms with Crippen LogP contribution in [-0.4, -0.2) is 50.3 Å². The van der Waals surface area contributed by atoms with Crippen molar-refractivity contribution >= 4 is 45.4 Å². The van der Waals surface area contributed by atoms with Gasteiger partial charge in [-0.05, 0) is 178 Å². The van der Waals surface area contributed by atoms with Crippen LogP contribution in [0.1, 0.15) is 92.1 Å². The van der Waals surface area contributed by atoms with E-state index in [0.717, 1.165) is 109 Å². The molecule has 0 saturated carbocycles. The number of benzene rings is 10. The number of esters is 4. The number of aryl methyl sites for hydroxylation is 2. The molecule has 0 amide bonds. The molecule has 10 nitrogen and oxygen atoms in total. The molecule has 0 radical (unpaired) electrons. The molecule has 0 aromatic heterocycles. The van der Waals surface area contributed by atoms with Crippen LogP contribution in [0.5, 0.6) is 23.0 Å². The third-order valence-electron chi connectivity index (χ3n) is 16.9. The molecule has 2 aliphatic heterocycles. The highest BCUT2D eigenvalue weighted by atomic mass is 16.5. The van der Waals surface area contributed by atoms with Crippen LogP contribution < -0.4 is 18.9 Å². The quantitative estimate of drug-likeness (QED) is 0.0571. The molecule has 2 saturated heterocycles. The lowest BCUT2D eigenvalue weighted by atomic mass is 9.78. The van der Waals surface area contributed by atoms with Gasteiger partial charge in [0.05, 0.1) is 48.7 Å². The standard InChI is InChI=1S/C74H62O10/c1-3-73(45-79-46-73)43-41-49-13-17-57(18-14-49)69(75)81-61-35-29-53(30-36-61)51-21-25-59(26-22-51)71(77)83-65-39-33-55-9-5-7-11-63(55)67(65)68-64-12-8-6-10-56(64)34-40-66(68)84-72(78)60-27-23-52(24-28-60)54-31-37-62(38-32-54)82-70(76)58-19-15-50(16-20-58)42-44-74(4-2)47-80-48-74/h5-40H,3-4,41-48H2,1-2H3. The molecule has 2 fully saturated rings. The first-order valence-electron chi connectivity index (χ1n) is 28.7. The summed E-state index contributed by atoms with van der Waals surface area (Å²) in [5, 5.41) is 3.39. The van der Waals surface area contributed by atoms with E-state index in [1.165, 1.54) is 11.1 Å². The van der Waals surface area contributed by atoms with E-state index in [0.29, 0.717) is 44.9 Å². The van der Waals surface area contributed by atoms with Crippen LogP contribution in [0.4, 0.5) is 0 Å². The summed E-state index contributed by atoms with van der Waals surface area (Å²) in [7, 11) is 0. The van der Waals surface area contributed by atoms with E-state index in [2.05, 4.69) is 13.8 Å². The zero-order valence-electron chi connectivity index (χ0n) is 46.9. The Balaban J connectivity index is 0.715. The van der Waals surface area contributed by atoms with E-state index in [1.54, 1.807) is 60.7 Å². The lowest BCUT2D eigenvalue weighted by Crippen LogP contribution is -2.42. The minimum Gasteiger partial charge on any atom is -0.423 e. The summed E-state index contributed by atoms with van der Waals surface area (Å²) in [6.45, 7) is 7.69. The molecule has 0 unspecified atom stereocenters. The van der Waals surface area contributed by atoms with Gasteiger partial charge in [0.1, 0.15) is 23.0 Å². The van der Waals surface area contributed by atoms with Gasteiger partial charge in [-0.2, -0.15) is 0 Å². The fourth-order valence-corrected chi connectivity index (χ4v) is 11.1. The maximum absolute atomic E-state index is 14.2. The van der Waals surface area contributed by atoms with Crippen LogP contribution in [-0.2, 0) is 22.3 Å². The number of ether oxygens (including phenoxy) is 6. The number of carbonyl (C=O) groups is 4. The van der Waals surface area contributed by atoms with Crippen molar-refractivity contribution in [2.24, 2.45) is 10.8 Å². The zero-order chi connectivity index (χ0) is 57.6. The van der Waals surface area contributed by atoms with Crippen LogP contribution in [0.25, 0.3) is 54.9 Å². The molecule has 10 aromatic rings. The number of fused-ring (bicyclic) bond motifs is 2. The average molecular weight is 1110 g/mol. The highest BCUT2D eigenvalue weighted by Gasteiger charge is 2.37. The molecule has 418 valence electrons. The maximum Gasteiger partial charge on any atom is 0.343 e. The average Bonchev–Trinajstić information content (AvgIpc) is 3.53. The van der Waals surface area contributed by atoms with Crippen molar-refractivity contribution in [2.75, 3.05) is 26.4 Å². The van der Waals surface area contributed by atoms with E-state index in [1.807, 2.05) is 158 Å². The Kier molecular flexibility index (Phi) is 15.8. The summed E-state index contributed by atoms with van der Waals surface area (Å²) in [4.78, 5) is 54.6. The van der Waals surface area contributed by atoms with Gasteiger partial charge in [0.25, 0.3) is 0 Å². The van der Waals surface area contributed by atoms with Crippen LogP contribution in [0.15, 0.2) is 218 Å². The smallest absolute Gasteiger partial charge is 0.343 e. The van der Waals surface area contributed by atoms with E-state index >= 15 is 0 Å². The molecule has 2 aliphatic rings. The van der Waals surface area contributed by atoms with E-state index in [9.17, 15) is 19.2 Å². The molecule has 84 heavy (non-hydrogen) atoms. The fourth-order valence-electron chi connectivity index (χ4n) is 11.1. The summed E-state index contributed by atoms with van der Waals surface area (Å²) in [6, 6.07) is 67.0. The lowest BCUT2D eigenvalue weighted by molar-refractivity contribution is -0.119. The van der Waals surface area contributed by atoms with Gasteiger partial charge in [0.2, 0.25) is 0 Å². The molecule has 0 atom stereocenters. The second-order valence-electron chi connectivity index (χ2n) is 22.2. The van der Waals surface area contributed by atoms with Crippen molar-refractivity contribution in [3.8, 4) is 56.4 Å². The fraction of sp³-hybridized carbons (Fsp3) is 0.189. The highest BCUT2D eigenvalue weighted by molar-refractivity contribution is 6.11. The van der Waals surface area contributed by atoms with Gasteiger partial charge in [0.15, 0.2) is 0 Å². The summed E-state index contributed by atoms with van der Waals surface area (Å²) >= 11 is 0. The first-order chi connectivity index (χ1) is 41.0. The van der Waals surface area contributed by atoms with E-state index in [-0.39, 0.29) is 22.3 Å². The predicted molar refractivity (Wildman–Crippen MR) is 327 cm³/mol. The highest BCUT2D eigenvalue weighted by Crippen LogP contribution is 2.46. The number of rotatable bonds is 19. The number of hydrogen-bond donors (Lipinski definition) is 0. The van der Waals surface area contributed by atoms with E-state index < -0.39 is 23.9 Å². The summed E-state index contributed by atoms with van der Waals surface area (Å²) in [5.74, 6) is -0.587. The van der Waals surface area contributed by atoms with Crippen molar-refractivity contribution in [1.82, 2.24) is 0 Å². The summed E-state index contributed by atoms with van der Waals surface area (Å²) in [6.07, 6.45) is 6.19. The second-order valence-corrected chi connectivity index (χ2v) is 22.2. The Labute approximate surface area is 488 Å². The number of hydrogen-bond acceptors (Lipinski definition) is 10. The Morgan fingerprint density at radius 2 is 0.667 bits per heavy atom. The molecule has 12 rings (SSSR count). The molecular formula is C74H62O10. The first kappa shape index (κ1) is 55.1. The predicted octanol–water partition coefficient (Wildman–Crippen LogP) is 16.6. The first-order valence-corrected chi connectivity index (χ1v) is 28.7. The van der Waals surface area contributed by atoms with Gasteiger partial charge >= 0.3 is 23.9 Å². The molecule has 10 aromatic carbocycles. The lowest BCUT2D eigenvalue weighted by Gasteiger charge is -2.41. The molecule has 10 heteroatoms. The van der Waals surface area contributed by atoms with Crippen LogP contribution in [0.3, 0.4) is 0 Å². The molecular weight excluding hydrogens is 1050 g/mol. The molecule has 0 N–H and O–H groups in total. The number of carbonyl (C=O) groups excluding carboxylic acids is 4. The Morgan fingerprint density at radius 1 is 0.357 bits per heavy atom. The Hall–Kier alpha value is -9.48. The Bertz CT molecular complexity index is 3750. The van der Waals surface area contributed by atoms with Crippen molar-refractivity contribution in [1.29, 1.82) is 0 Å².